The normalized spacial score (nSPS) is 21.7. The second-order valence-electron chi connectivity index (χ2n) is 6.33. The zero-order valence-electron chi connectivity index (χ0n) is 13.4. The fraction of sp³-hybridized carbons (Fsp3) is 0.500. The molecule has 1 amide bonds. The van der Waals surface area contributed by atoms with E-state index >= 15 is 0 Å². The second-order valence-corrected chi connectivity index (χ2v) is 8.99. The van der Waals surface area contributed by atoms with Crippen LogP contribution in [0.25, 0.3) is 0 Å². The molecule has 1 saturated heterocycles. The molecule has 1 heterocycles. The van der Waals surface area contributed by atoms with Crippen molar-refractivity contribution in [1.29, 1.82) is 0 Å². The van der Waals surface area contributed by atoms with Crippen molar-refractivity contribution in [3.63, 3.8) is 0 Å². The molecule has 1 atom stereocenters. The van der Waals surface area contributed by atoms with Gasteiger partial charge in [0.1, 0.15) is 11.3 Å². The number of phenols is 1. The van der Waals surface area contributed by atoms with Gasteiger partial charge in [-0.15, -0.1) is 0 Å². The monoisotopic (exact) mass is 387 g/mol. The molecule has 0 aromatic heterocycles. The average molecular weight is 388 g/mol. The molecule has 1 aliphatic carbocycles. The molecule has 25 heavy (non-hydrogen) atoms. The van der Waals surface area contributed by atoms with Crippen molar-refractivity contribution in [2.75, 3.05) is 18.1 Å². The minimum atomic E-state index is -3.11. The van der Waals surface area contributed by atoms with Gasteiger partial charge in [0.2, 0.25) is 0 Å². The van der Waals surface area contributed by atoms with E-state index < -0.39 is 28.3 Å². The smallest absolute Gasteiger partial charge is 0.342 e. The second kappa shape index (κ2) is 6.84. The summed E-state index contributed by atoms with van der Waals surface area (Å²) in [4.78, 5) is 26.0. The zero-order chi connectivity index (χ0) is 18.2. The number of hydrogen-bond donors (Lipinski definition) is 1. The first-order valence-electron chi connectivity index (χ1n) is 7.94. The average Bonchev–Trinajstić information content (AvgIpc) is 3.29. The molecule has 3 rings (SSSR count). The van der Waals surface area contributed by atoms with Crippen molar-refractivity contribution in [3.05, 3.63) is 28.8 Å². The van der Waals surface area contributed by atoms with Crippen LogP contribution in [0.2, 0.25) is 5.02 Å². The van der Waals surface area contributed by atoms with Crippen LogP contribution in [0, 0.1) is 0 Å². The number of nitrogens with zero attached hydrogens (tertiary/aromatic N) is 1. The van der Waals surface area contributed by atoms with Gasteiger partial charge in [0.05, 0.1) is 11.5 Å². The van der Waals surface area contributed by atoms with Crippen LogP contribution in [0.3, 0.4) is 0 Å². The Balaban J connectivity index is 1.63. The Hall–Kier alpha value is -1.80. The molecular weight excluding hydrogens is 370 g/mol. The van der Waals surface area contributed by atoms with Crippen molar-refractivity contribution in [2.24, 2.45) is 0 Å². The van der Waals surface area contributed by atoms with Crippen LogP contribution in [0.15, 0.2) is 18.2 Å². The maximum Gasteiger partial charge on any atom is 0.342 e. The van der Waals surface area contributed by atoms with E-state index in [1.54, 1.807) is 4.90 Å². The molecule has 1 aromatic rings. The van der Waals surface area contributed by atoms with Gasteiger partial charge in [0, 0.05) is 17.1 Å². The summed E-state index contributed by atoms with van der Waals surface area (Å²) in [6.07, 6.45) is 2.07. The van der Waals surface area contributed by atoms with Crippen molar-refractivity contribution < 1.29 is 27.9 Å². The number of sulfone groups is 1. The summed E-state index contributed by atoms with van der Waals surface area (Å²) in [5.74, 6) is -1.54. The minimum Gasteiger partial charge on any atom is -0.507 e. The van der Waals surface area contributed by atoms with Crippen LogP contribution in [-0.4, -0.2) is 60.5 Å². The third-order valence-corrected chi connectivity index (χ3v) is 6.32. The van der Waals surface area contributed by atoms with Gasteiger partial charge in [-0.2, -0.15) is 0 Å². The zero-order valence-corrected chi connectivity index (χ0v) is 14.9. The molecule has 1 saturated carbocycles. The van der Waals surface area contributed by atoms with Gasteiger partial charge >= 0.3 is 5.97 Å². The van der Waals surface area contributed by atoms with Gasteiger partial charge < -0.3 is 14.7 Å². The molecule has 0 radical (unpaired) electrons. The lowest BCUT2D eigenvalue weighted by Gasteiger charge is -2.28. The molecule has 2 aliphatic rings. The lowest BCUT2D eigenvalue weighted by atomic mass is 10.2. The largest absolute Gasteiger partial charge is 0.507 e. The van der Waals surface area contributed by atoms with Crippen LogP contribution in [-0.2, 0) is 19.4 Å². The third kappa shape index (κ3) is 4.24. The first-order chi connectivity index (χ1) is 11.8. The van der Waals surface area contributed by atoms with Crippen LogP contribution in [0.4, 0.5) is 0 Å². The molecule has 1 N–H and O–H groups in total. The highest BCUT2D eigenvalue weighted by Gasteiger charge is 2.42. The van der Waals surface area contributed by atoms with Gasteiger partial charge in [0.15, 0.2) is 16.4 Å². The van der Waals surface area contributed by atoms with Crippen LogP contribution in [0.1, 0.15) is 29.6 Å². The summed E-state index contributed by atoms with van der Waals surface area (Å²) in [5.41, 5.74) is -0.0846. The van der Waals surface area contributed by atoms with E-state index in [0.29, 0.717) is 6.42 Å². The number of rotatable bonds is 5. The fourth-order valence-corrected chi connectivity index (χ4v) is 4.89. The Morgan fingerprint density at radius 1 is 1.24 bits per heavy atom. The van der Waals surface area contributed by atoms with Gasteiger partial charge in [-0.05, 0) is 37.5 Å². The van der Waals surface area contributed by atoms with Crippen LogP contribution >= 0.6 is 11.6 Å². The van der Waals surface area contributed by atoms with Gasteiger partial charge in [-0.3, -0.25) is 4.79 Å². The molecule has 0 spiro atoms. The first-order valence-corrected chi connectivity index (χ1v) is 10.1. The minimum absolute atomic E-state index is 0.0217. The number of carbonyl (C=O) groups excluding carboxylic acids is 2. The highest BCUT2D eigenvalue weighted by molar-refractivity contribution is 7.91. The number of carbonyl (C=O) groups is 2. The molecule has 9 heteroatoms. The van der Waals surface area contributed by atoms with Gasteiger partial charge in [-0.25, -0.2) is 13.2 Å². The summed E-state index contributed by atoms with van der Waals surface area (Å²) in [5, 5.41) is 9.99. The number of aromatic hydroxyl groups is 1. The van der Waals surface area contributed by atoms with E-state index in [4.69, 9.17) is 16.3 Å². The lowest BCUT2D eigenvalue weighted by molar-refractivity contribution is -0.137. The molecule has 136 valence electrons. The number of ether oxygens (including phenoxy) is 1. The number of esters is 1. The lowest BCUT2D eigenvalue weighted by Crippen LogP contribution is -2.44. The van der Waals surface area contributed by atoms with E-state index in [2.05, 4.69) is 0 Å². The Morgan fingerprint density at radius 2 is 1.96 bits per heavy atom. The van der Waals surface area contributed by atoms with E-state index in [1.807, 2.05) is 0 Å². The molecule has 7 nitrogen and oxygen atoms in total. The molecular formula is C16H18ClNO6S. The third-order valence-electron chi connectivity index (χ3n) is 4.34. The Kier molecular flexibility index (Phi) is 4.92. The maximum absolute atomic E-state index is 12.5. The van der Waals surface area contributed by atoms with E-state index in [1.165, 1.54) is 18.2 Å². The highest BCUT2D eigenvalue weighted by Crippen LogP contribution is 2.32. The maximum atomic E-state index is 12.5. The molecule has 0 unspecified atom stereocenters. The van der Waals surface area contributed by atoms with Gasteiger partial charge in [-0.1, -0.05) is 11.6 Å². The standard InChI is InChI=1S/C16H18ClNO6S/c17-10-1-4-13(14(19)7-10)16(21)24-8-15(20)18(11-2-3-11)12-5-6-25(22,23)9-12/h1,4,7,11-12,19H,2-3,5-6,8-9H2/t12-/m0/s1. The van der Waals surface area contributed by atoms with Crippen molar-refractivity contribution in [2.45, 2.75) is 31.3 Å². The summed E-state index contributed by atoms with van der Waals surface area (Å²) in [6.45, 7) is -0.492. The predicted octanol–water partition coefficient (Wildman–Crippen LogP) is 1.38. The number of hydrogen-bond acceptors (Lipinski definition) is 6. The topological polar surface area (TPSA) is 101 Å². The highest BCUT2D eigenvalue weighted by atomic mass is 35.5. The number of halogens is 1. The molecule has 1 aromatic carbocycles. The van der Waals surface area contributed by atoms with Crippen molar-refractivity contribution >= 4 is 33.3 Å². The van der Waals surface area contributed by atoms with Crippen LogP contribution in [0.5, 0.6) is 5.75 Å². The van der Waals surface area contributed by atoms with Crippen LogP contribution < -0.4 is 0 Å². The fourth-order valence-electron chi connectivity index (χ4n) is 3.01. The Labute approximate surface area is 150 Å². The summed E-state index contributed by atoms with van der Waals surface area (Å²) < 4.78 is 28.3. The summed E-state index contributed by atoms with van der Waals surface area (Å²) in [7, 11) is -3.11. The quantitative estimate of drug-likeness (QED) is 0.766. The number of amides is 1. The predicted molar refractivity (Wildman–Crippen MR) is 90.3 cm³/mol. The van der Waals surface area contributed by atoms with Crippen molar-refractivity contribution in [1.82, 2.24) is 4.90 Å². The molecule has 2 fully saturated rings. The first kappa shape index (κ1) is 18.0. The van der Waals surface area contributed by atoms with Gasteiger partial charge in [0.25, 0.3) is 5.91 Å². The van der Waals surface area contributed by atoms with Crippen molar-refractivity contribution in [3.8, 4) is 5.75 Å². The summed E-state index contributed by atoms with van der Waals surface area (Å²) >= 11 is 5.71. The van der Waals surface area contributed by atoms with E-state index in [9.17, 15) is 23.1 Å². The summed E-state index contributed by atoms with van der Waals surface area (Å²) in [6, 6.07) is 3.62. The SMILES string of the molecule is O=C(OCC(=O)N(C1CC1)[C@H]1CCS(=O)(=O)C1)c1ccc(Cl)cc1O. The molecule has 1 aliphatic heterocycles. The van der Waals surface area contributed by atoms with E-state index in [0.717, 1.165) is 12.8 Å². The number of benzene rings is 1. The van der Waals surface area contributed by atoms with E-state index in [-0.39, 0.29) is 39.9 Å². The number of phenolic OH excluding ortho intramolecular Hbond substituents is 1. The Bertz CT molecular complexity index is 805. The molecule has 0 bridgehead atoms. The Morgan fingerprint density at radius 3 is 2.52 bits per heavy atom.